The van der Waals surface area contributed by atoms with Gasteiger partial charge in [0.05, 0.1) is 0 Å². The summed E-state index contributed by atoms with van der Waals surface area (Å²) in [4.78, 5) is 17.1. The number of aliphatic imine (C=N–C) groups is 1. The number of Topliss-reactive ketones (excluding diaryl/α,β-unsaturated/α-hetero) is 1. The van der Waals surface area contributed by atoms with E-state index in [4.69, 9.17) is 4.99 Å². The number of rotatable bonds is 5. The minimum Gasteiger partial charge on any atom is -0.299 e. The number of hydrogen-bond donors (Lipinski definition) is 0. The summed E-state index contributed by atoms with van der Waals surface area (Å²) in [5.41, 5.74) is 2.02. The first-order valence-corrected chi connectivity index (χ1v) is 12.3. The van der Waals surface area contributed by atoms with Crippen LogP contribution < -0.4 is 0 Å². The second-order valence-electron chi connectivity index (χ2n) is 11.8. The summed E-state index contributed by atoms with van der Waals surface area (Å²) >= 11 is 0. The van der Waals surface area contributed by atoms with Crippen molar-refractivity contribution in [3.8, 4) is 0 Å². The smallest absolute Gasteiger partial charge is 0.138 e. The van der Waals surface area contributed by atoms with Crippen LogP contribution in [0.15, 0.2) is 4.99 Å². The van der Waals surface area contributed by atoms with E-state index < -0.39 is 0 Å². The molecule has 2 nitrogen and oxygen atoms in total. The van der Waals surface area contributed by atoms with Crippen LogP contribution in [0.3, 0.4) is 0 Å². The highest BCUT2D eigenvalue weighted by Gasteiger charge is 2.59. The minimum atomic E-state index is 0.221. The summed E-state index contributed by atoms with van der Waals surface area (Å²) in [7, 11) is 0. The summed E-state index contributed by atoms with van der Waals surface area (Å²) in [6.45, 7) is 13.4. The highest BCUT2D eigenvalue weighted by molar-refractivity contribution is 6.07. The van der Waals surface area contributed by atoms with Gasteiger partial charge in [-0.25, -0.2) is 0 Å². The second kappa shape index (κ2) is 7.55. The molecule has 0 bridgehead atoms. The second-order valence-corrected chi connectivity index (χ2v) is 11.8. The number of carbonyl (C=O) groups excluding carboxylic acids is 1. The predicted octanol–water partition coefficient (Wildman–Crippen LogP) is 6.72. The van der Waals surface area contributed by atoms with Gasteiger partial charge in [-0.15, -0.1) is 0 Å². The van der Waals surface area contributed by atoms with E-state index in [0.29, 0.717) is 17.6 Å². The maximum Gasteiger partial charge on any atom is 0.138 e. The van der Waals surface area contributed by atoms with Crippen molar-refractivity contribution in [3.63, 3.8) is 0 Å². The molecule has 0 radical (unpaired) electrons. The molecule has 0 amide bonds. The van der Waals surface area contributed by atoms with E-state index in [1.165, 1.54) is 50.7 Å². The van der Waals surface area contributed by atoms with E-state index in [1.807, 2.05) is 0 Å². The quantitative estimate of drug-likeness (QED) is 0.516. The molecule has 3 saturated carbocycles. The van der Waals surface area contributed by atoms with E-state index in [9.17, 15) is 4.79 Å². The van der Waals surface area contributed by atoms with Crippen molar-refractivity contribution in [2.75, 3.05) is 6.54 Å². The lowest BCUT2D eigenvalue weighted by atomic mass is 9.49. The number of carbonyl (C=O) groups is 1. The normalized spacial score (nSPS) is 43.9. The first-order valence-electron chi connectivity index (χ1n) is 12.3. The van der Waals surface area contributed by atoms with Crippen LogP contribution in [0, 0.1) is 46.3 Å². The Bertz CT molecular complexity index is 636. The zero-order valence-corrected chi connectivity index (χ0v) is 19.1. The third-order valence-corrected chi connectivity index (χ3v) is 9.90. The van der Waals surface area contributed by atoms with Crippen molar-refractivity contribution >= 4 is 11.5 Å². The first-order chi connectivity index (χ1) is 13.3. The van der Waals surface area contributed by atoms with Gasteiger partial charge in [-0.3, -0.25) is 9.79 Å². The highest BCUT2D eigenvalue weighted by atomic mass is 16.1. The lowest BCUT2D eigenvalue weighted by Crippen LogP contribution is -2.54. The number of ketones is 1. The average molecular weight is 386 g/mol. The molecular weight excluding hydrogens is 342 g/mol. The van der Waals surface area contributed by atoms with Crippen LogP contribution in [-0.2, 0) is 4.79 Å². The molecule has 3 fully saturated rings. The van der Waals surface area contributed by atoms with Crippen LogP contribution in [-0.4, -0.2) is 18.0 Å². The van der Waals surface area contributed by atoms with Gasteiger partial charge in [0.25, 0.3) is 0 Å². The van der Waals surface area contributed by atoms with Crippen molar-refractivity contribution in [2.24, 2.45) is 51.3 Å². The summed E-state index contributed by atoms with van der Waals surface area (Å²) in [6.07, 6.45) is 12.4. The Kier molecular flexibility index (Phi) is 5.55. The van der Waals surface area contributed by atoms with Crippen molar-refractivity contribution in [1.82, 2.24) is 0 Å². The van der Waals surface area contributed by atoms with Gasteiger partial charge < -0.3 is 0 Å². The van der Waals surface area contributed by atoms with E-state index >= 15 is 0 Å². The van der Waals surface area contributed by atoms with Crippen LogP contribution in [0.4, 0.5) is 0 Å². The molecule has 1 heterocycles. The largest absolute Gasteiger partial charge is 0.299 e. The number of fused-ring (bicyclic) bond motifs is 5. The zero-order valence-electron chi connectivity index (χ0n) is 19.1. The maximum atomic E-state index is 12.0. The Hall–Kier alpha value is -0.660. The van der Waals surface area contributed by atoms with Crippen LogP contribution in [0.1, 0.15) is 98.8 Å². The van der Waals surface area contributed by atoms with E-state index in [2.05, 4.69) is 34.6 Å². The van der Waals surface area contributed by atoms with Crippen LogP contribution in [0.2, 0.25) is 0 Å². The third-order valence-electron chi connectivity index (χ3n) is 9.90. The Morgan fingerprint density at radius 2 is 1.82 bits per heavy atom. The average Bonchev–Trinajstić information content (AvgIpc) is 2.99. The maximum absolute atomic E-state index is 12.0. The summed E-state index contributed by atoms with van der Waals surface area (Å²) < 4.78 is 0. The summed E-state index contributed by atoms with van der Waals surface area (Å²) in [6, 6.07) is 0. The van der Waals surface area contributed by atoms with Gasteiger partial charge in [-0.05, 0) is 73.0 Å². The molecule has 2 heteroatoms. The van der Waals surface area contributed by atoms with E-state index in [1.54, 1.807) is 0 Å². The molecule has 0 saturated heterocycles. The Morgan fingerprint density at radius 1 is 1.04 bits per heavy atom. The molecule has 3 aliphatic carbocycles. The highest BCUT2D eigenvalue weighted by Crippen LogP contribution is 2.65. The lowest BCUT2D eigenvalue weighted by Gasteiger charge is -2.57. The molecular formula is C26H43NO. The molecule has 0 N–H and O–H groups in total. The SMILES string of the molecule is CC(C)CCCC(C)[C@H]1CCC2C3CN=C4CC(=O)CC[C@]4(C)C3CC[C@@]21C. The van der Waals surface area contributed by atoms with Gasteiger partial charge in [-0.2, -0.15) is 0 Å². The Balaban J connectivity index is 1.50. The van der Waals surface area contributed by atoms with Gasteiger partial charge in [0, 0.05) is 30.5 Å². The van der Waals surface area contributed by atoms with Gasteiger partial charge in [0.1, 0.15) is 5.78 Å². The van der Waals surface area contributed by atoms with Gasteiger partial charge in [0.15, 0.2) is 0 Å². The molecule has 0 aromatic heterocycles. The fourth-order valence-corrected chi connectivity index (χ4v) is 8.23. The number of hydrogen-bond acceptors (Lipinski definition) is 2. The zero-order chi connectivity index (χ0) is 20.1. The van der Waals surface area contributed by atoms with Crippen molar-refractivity contribution in [1.29, 1.82) is 0 Å². The monoisotopic (exact) mass is 385 g/mol. The molecule has 28 heavy (non-hydrogen) atoms. The fourth-order valence-electron chi connectivity index (χ4n) is 8.23. The van der Waals surface area contributed by atoms with E-state index in [0.717, 1.165) is 54.9 Å². The third kappa shape index (κ3) is 3.31. The van der Waals surface area contributed by atoms with Crippen molar-refractivity contribution in [2.45, 2.75) is 98.8 Å². The predicted molar refractivity (Wildman–Crippen MR) is 118 cm³/mol. The first kappa shape index (κ1) is 20.6. The molecule has 1 aliphatic heterocycles. The van der Waals surface area contributed by atoms with Crippen LogP contribution in [0.5, 0.6) is 0 Å². The standard InChI is InChI=1S/C26H43NO/c1-17(2)7-6-8-18(3)21-9-10-22-20-16-27-24-15-19(28)11-13-26(24,5)23(20)12-14-25(21,22)4/h17-18,20-23H,6-16H2,1-5H3/t18?,20?,21-,22?,23?,25-,26-/m1/s1. The summed E-state index contributed by atoms with van der Waals surface area (Å²) in [5, 5.41) is 0. The molecule has 7 atom stereocenters. The van der Waals surface area contributed by atoms with Gasteiger partial charge in [0.2, 0.25) is 0 Å². The topological polar surface area (TPSA) is 29.4 Å². The van der Waals surface area contributed by atoms with Crippen molar-refractivity contribution < 1.29 is 4.79 Å². The van der Waals surface area contributed by atoms with E-state index in [-0.39, 0.29) is 5.41 Å². The van der Waals surface area contributed by atoms with Gasteiger partial charge >= 0.3 is 0 Å². The molecule has 0 aromatic rings. The Labute approximate surface area is 173 Å². The molecule has 4 unspecified atom stereocenters. The summed E-state index contributed by atoms with van der Waals surface area (Å²) in [5.74, 6) is 5.46. The molecule has 4 aliphatic rings. The van der Waals surface area contributed by atoms with Gasteiger partial charge in [-0.1, -0.05) is 53.9 Å². The number of nitrogens with zero attached hydrogens (tertiary/aromatic N) is 1. The molecule has 158 valence electrons. The molecule has 4 rings (SSSR count). The van der Waals surface area contributed by atoms with Crippen LogP contribution >= 0.6 is 0 Å². The molecule has 0 spiro atoms. The minimum absolute atomic E-state index is 0.221. The van der Waals surface area contributed by atoms with Crippen LogP contribution in [0.25, 0.3) is 0 Å². The molecule has 0 aromatic carbocycles. The Morgan fingerprint density at radius 3 is 2.57 bits per heavy atom. The fraction of sp³-hybridized carbons (Fsp3) is 0.923. The lowest BCUT2D eigenvalue weighted by molar-refractivity contribution is -0.120. The van der Waals surface area contributed by atoms with Crippen molar-refractivity contribution in [3.05, 3.63) is 0 Å².